The van der Waals surface area contributed by atoms with Crippen molar-refractivity contribution in [3.8, 4) is 5.75 Å². The van der Waals surface area contributed by atoms with Gasteiger partial charge in [0.1, 0.15) is 11.3 Å². The number of anilines is 1. The molecule has 1 aromatic heterocycles. The second-order valence-corrected chi connectivity index (χ2v) is 7.24. The molecule has 4 N–H and O–H groups in total. The van der Waals surface area contributed by atoms with Gasteiger partial charge in [-0.2, -0.15) is 5.10 Å². The van der Waals surface area contributed by atoms with E-state index in [4.69, 9.17) is 16.3 Å². The molecule has 1 aliphatic heterocycles. The molecule has 0 unspecified atom stereocenters. The van der Waals surface area contributed by atoms with Crippen LogP contribution >= 0.6 is 11.6 Å². The number of benzene rings is 1. The highest BCUT2D eigenvalue weighted by atomic mass is 35.5. The van der Waals surface area contributed by atoms with E-state index in [0.717, 1.165) is 12.8 Å². The van der Waals surface area contributed by atoms with E-state index >= 15 is 0 Å². The lowest BCUT2D eigenvalue weighted by molar-refractivity contribution is 0.0918. The smallest absolute Gasteiger partial charge is 0.376 e. The lowest BCUT2D eigenvalue weighted by Crippen LogP contribution is -2.49. The van der Waals surface area contributed by atoms with Gasteiger partial charge in [0.05, 0.1) is 17.8 Å². The third kappa shape index (κ3) is 4.90. The summed E-state index contributed by atoms with van der Waals surface area (Å²) in [7, 11) is 0.948. The van der Waals surface area contributed by atoms with Gasteiger partial charge in [0.25, 0.3) is 11.8 Å². The summed E-state index contributed by atoms with van der Waals surface area (Å²) >= 11 is 6.14. The molecule has 2 heterocycles. The minimum absolute atomic E-state index is 0.0265. The minimum Gasteiger partial charge on any atom is -0.496 e. The molecule has 9 nitrogen and oxygen atoms in total. The Bertz CT molecular complexity index is 883. The molecule has 0 aliphatic carbocycles. The Kier molecular flexibility index (Phi) is 6.78. The second kappa shape index (κ2) is 9.30. The largest absolute Gasteiger partial charge is 0.496 e. The summed E-state index contributed by atoms with van der Waals surface area (Å²) in [6.07, 6.45) is 2.88. The van der Waals surface area contributed by atoms with E-state index in [1.807, 2.05) is 4.81 Å². The van der Waals surface area contributed by atoms with Gasteiger partial charge in [0.2, 0.25) is 0 Å². The molecular formula is C18H23BClN5O4. The summed E-state index contributed by atoms with van der Waals surface area (Å²) in [5.41, 5.74) is 0.507. The van der Waals surface area contributed by atoms with Gasteiger partial charge in [-0.15, -0.1) is 0 Å². The van der Waals surface area contributed by atoms with Crippen molar-refractivity contribution in [1.82, 2.24) is 20.3 Å². The van der Waals surface area contributed by atoms with Gasteiger partial charge in [-0.25, -0.2) is 0 Å². The van der Waals surface area contributed by atoms with Crippen LogP contribution in [0.1, 0.15) is 33.7 Å². The number of hydrogen-bond acceptors (Lipinski definition) is 6. The number of nitrogens with one attached hydrogen (secondary N) is 3. The maximum absolute atomic E-state index is 12.7. The van der Waals surface area contributed by atoms with Gasteiger partial charge in [-0.3, -0.25) is 14.7 Å². The molecule has 154 valence electrons. The second-order valence-electron chi connectivity index (χ2n) is 6.83. The lowest BCUT2D eigenvalue weighted by Gasteiger charge is -2.32. The van der Waals surface area contributed by atoms with Crippen molar-refractivity contribution in [2.45, 2.75) is 25.7 Å². The van der Waals surface area contributed by atoms with Crippen LogP contribution in [-0.4, -0.2) is 65.1 Å². The van der Waals surface area contributed by atoms with Gasteiger partial charge in [0.15, 0.2) is 5.69 Å². The maximum Gasteiger partial charge on any atom is 0.376 e. The first kappa shape index (κ1) is 21.2. The zero-order valence-corrected chi connectivity index (χ0v) is 17.0. The number of halogens is 1. The molecule has 0 atom stereocenters. The average molecular weight is 420 g/mol. The van der Waals surface area contributed by atoms with Gasteiger partial charge in [-0.1, -0.05) is 17.7 Å². The average Bonchev–Trinajstić information content (AvgIpc) is 3.16. The van der Waals surface area contributed by atoms with Gasteiger partial charge >= 0.3 is 7.05 Å². The molecule has 1 aliphatic rings. The van der Waals surface area contributed by atoms with Crippen molar-refractivity contribution in [3.63, 3.8) is 0 Å². The molecule has 1 fully saturated rings. The van der Waals surface area contributed by atoms with Crippen molar-refractivity contribution >= 4 is 36.2 Å². The normalized spacial score (nSPS) is 15.0. The standard InChI is InChI=1S/C18H23BClN5O4/c1-19(28)25-8-6-11(7-9-25)22-18(27)16-13(10-21-24-16)23-17(26)15-12(20)4-3-5-14(15)29-2/h3-5,10-11,28H,6-9H2,1-2H3,(H,21,24)(H,22,27)(H,23,26). The number of H-pyrrole nitrogens is 1. The topological polar surface area (TPSA) is 120 Å². The van der Waals surface area contributed by atoms with Crippen LogP contribution in [0.25, 0.3) is 0 Å². The fraction of sp³-hybridized carbons (Fsp3) is 0.389. The Hall–Kier alpha value is -2.56. The van der Waals surface area contributed by atoms with Gasteiger partial charge < -0.3 is 25.2 Å². The van der Waals surface area contributed by atoms with Crippen LogP contribution < -0.4 is 15.4 Å². The van der Waals surface area contributed by atoms with Crippen molar-refractivity contribution < 1.29 is 19.3 Å². The number of aromatic nitrogens is 2. The molecule has 0 bridgehead atoms. The van der Waals surface area contributed by atoms with Crippen LogP contribution in [-0.2, 0) is 0 Å². The molecule has 0 radical (unpaired) electrons. The predicted molar refractivity (Wildman–Crippen MR) is 110 cm³/mol. The Morgan fingerprint density at radius 1 is 1.34 bits per heavy atom. The molecular weight excluding hydrogens is 396 g/mol. The maximum atomic E-state index is 12.7. The Balaban J connectivity index is 1.67. The van der Waals surface area contributed by atoms with Crippen LogP contribution in [0, 0.1) is 0 Å². The van der Waals surface area contributed by atoms with E-state index in [1.165, 1.54) is 13.3 Å². The summed E-state index contributed by atoms with van der Waals surface area (Å²) in [6, 6.07) is 4.86. The molecule has 2 amide bonds. The minimum atomic E-state index is -0.506. The molecule has 11 heteroatoms. The number of carbonyl (C=O) groups is 2. The summed E-state index contributed by atoms with van der Waals surface area (Å²) in [4.78, 5) is 27.3. The summed E-state index contributed by atoms with van der Waals surface area (Å²) < 4.78 is 5.20. The van der Waals surface area contributed by atoms with E-state index in [0.29, 0.717) is 18.8 Å². The van der Waals surface area contributed by atoms with Crippen LogP contribution in [0.4, 0.5) is 5.69 Å². The van der Waals surface area contributed by atoms with Gasteiger partial charge in [0, 0.05) is 12.2 Å². The lowest BCUT2D eigenvalue weighted by atomic mass is 9.82. The fourth-order valence-electron chi connectivity index (χ4n) is 3.31. The third-order valence-corrected chi connectivity index (χ3v) is 5.23. The van der Waals surface area contributed by atoms with E-state index in [-0.39, 0.29) is 33.9 Å². The van der Waals surface area contributed by atoms with Crippen molar-refractivity contribution in [1.29, 1.82) is 0 Å². The zero-order chi connectivity index (χ0) is 21.0. The summed E-state index contributed by atoms with van der Waals surface area (Å²) in [6.45, 7) is 3.11. The number of nitrogens with zero attached hydrogens (tertiary/aromatic N) is 2. The number of methoxy groups -OCH3 is 1. The SMILES string of the molecule is COc1cccc(Cl)c1C(=O)Nc1c[nH]nc1C(=O)NC1CCN(B(C)O)CC1. The number of piperidine rings is 1. The monoisotopic (exact) mass is 419 g/mol. The molecule has 1 aromatic carbocycles. The number of amides is 2. The molecule has 0 saturated carbocycles. The number of carbonyl (C=O) groups excluding carboxylic acids is 2. The van der Waals surface area contributed by atoms with Crippen LogP contribution in [0.5, 0.6) is 5.75 Å². The highest BCUT2D eigenvalue weighted by molar-refractivity contribution is 6.45. The van der Waals surface area contributed by atoms with Crippen molar-refractivity contribution in [2.24, 2.45) is 0 Å². The highest BCUT2D eigenvalue weighted by Crippen LogP contribution is 2.27. The molecule has 29 heavy (non-hydrogen) atoms. The molecule has 2 aromatic rings. The fourth-order valence-corrected chi connectivity index (χ4v) is 3.56. The Labute approximate surface area is 173 Å². The van der Waals surface area contributed by atoms with E-state index < -0.39 is 13.0 Å². The number of hydrogen-bond donors (Lipinski definition) is 4. The highest BCUT2D eigenvalue weighted by Gasteiger charge is 2.27. The zero-order valence-electron chi connectivity index (χ0n) is 16.2. The third-order valence-electron chi connectivity index (χ3n) is 4.92. The molecule has 3 rings (SSSR count). The van der Waals surface area contributed by atoms with Crippen LogP contribution in [0.15, 0.2) is 24.4 Å². The first-order valence-corrected chi connectivity index (χ1v) is 9.69. The Morgan fingerprint density at radius 2 is 2.07 bits per heavy atom. The molecule has 0 spiro atoms. The Morgan fingerprint density at radius 3 is 2.72 bits per heavy atom. The van der Waals surface area contributed by atoms with Crippen molar-refractivity contribution in [3.05, 3.63) is 40.7 Å². The van der Waals surface area contributed by atoms with Crippen LogP contribution in [0.2, 0.25) is 11.8 Å². The van der Waals surface area contributed by atoms with Gasteiger partial charge in [-0.05, 0) is 44.9 Å². The quantitative estimate of drug-likeness (QED) is 0.528. The number of ether oxygens (including phenoxy) is 1. The predicted octanol–water partition coefficient (Wildman–Crippen LogP) is 1.63. The van der Waals surface area contributed by atoms with E-state index in [1.54, 1.807) is 25.0 Å². The number of aromatic amines is 1. The summed E-state index contributed by atoms with van der Waals surface area (Å²) in [5.74, 6) is -0.564. The number of rotatable bonds is 6. The van der Waals surface area contributed by atoms with Crippen molar-refractivity contribution in [2.75, 3.05) is 25.5 Å². The van der Waals surface area contributed by atoms with Crippen LogP contribution in [0.3, 0.4) is 0 Å². The summed E-state index contributed by atoms with van der Waals surface area (Å²) in [5, 5.41) is 22.0. The first-order chi connectivity index (χ1) is 13.9. The molecule has 1 saturated heterocycles. The van der Waals surface area contributed by atoms with E-state index in [9.17, 15) is 14.6 Å². The first-order valence-electron chi connectivity index (χ1n) is 9.31. The van der Waals surface area contributed by atoms with E-state index in [2.05, 4.69) is 20.8 Å².